The topological polar surface area (TPSA) is 79.5 Å². The maximum atomic E-state index is 12.1. The molecule has 5 nitrogen and oxygen atoms in total. The molecule has 2 rings (SSSR count). The molecule has 0 radical (unpaired) electrons. The summed E-state index contributed by atoms with van der Waals surface area (Å²) in [7, 11) is 0. The van der Waals surface area contributed by atoms with Crippen LogP contribution in [0.3, 0.4) is 0 Å². The van der Waals surface area contributed by atoms with Gasteiger partial charge in [0.15, 0.2) is 5.76 Å². The second kappa shape index (κ2) is 5.36. The minimum atomic E-state index is -0.879. The second-order valence-electron chi connectivity index (χ2n) is 5.38. The number of hydrogen-bond donors (Lipinski definition) is 2. The molecule has 20 heavy (non-hydrogen) atoms. The molecule has 0 aliphatic rings. The molecule has 5 heteroatoms. The van der Waals surface area contributed by atoms with Gasteiger partial charge in [0, 0.05) is 17.3 Å². The summed E-state index contributed by atoms with van der Waals surface area (Å²) in [5.74, 6) is -0.984. The van der Waals surface area contributed by atoms with Gasteiger partial charge in [0.05, 0.1) is 0 Å². The van der Waals surface area contributed by atoms with E-state index < -0.39 is 11.5 Å². The summed E-state index contributed by atoms with van der Waals surface area (Å²) in [6.07, 6.45) is 0.363. The molecule has 0 fully saturated rings. The average molecular weight is 275 g/mol. The molecule has 1 heterocycles. The number of carboxylic acids is 1. The van der Waals surface area contributed by atoms with Gasteiger partial charge in [-0.2, -0.15) is 0 Å². The van der Waals surface area contributed by atoms with Crippen molar-refractivity contribution in [2.75, 3.05) is 0 Å². The van der Waals surface area contributed by atoms with Gasteiger partial charge in [0.1, 0.15) is 5.58 Å². The quantitative estimate of drug-likeness (QED) is 0.879. The fourth-order valence-electron chi connectivity index (χ4n) is 1.94. The average Bonchev–Trinajstić information content (AvgIpc) is 2.80. The Morgan fingerprint density at radius 2 is 2.00 bits per heavy atom. The summed E-state index contributed by atoms with van der Waals surface area (Å²) in [6, 6.07) is 9.05. The Labute approximate surface area is 116 Å². The predicted octanol–water partition coefficient (Wildman–Crippen LogP) is 2.81. The Hall–Kier alpha value is -2.30. The van der Waals surface area contributed by atoms with Crippen LogP contribution in [0.15, 0.2) is 34.7 Å². The summed E-state index contributed by atoms with van der Waals surface area (Å²) < 4.78 is 5.47. The van der Waals surface area contributed by atoms with Crippen molar-refractivity contribution in [2.24, 2.45) is 0 Å². The van der Waals surface area contributed by atoms with Crippen LogP contribution in [0.5, 0.6) is 0 Å². The minimum Gasteiger partial charge on any atom is -0.481 e. The SMILES string of the molecule is CC(C)(CCC(=O)O)NC(=O)c1cc2ccccc2o1. The van der Waals surface area contributed by atoms with Crippen LogP contribution in [-0.4, -0.2) is 22.5 Å². The number of para-hydroxylation sites is 1. The number of carboxylic acid groups (broad SMARTS) is 1. The van der Waals surface area contributed by atoms with Crippen molar-refractivity contribution < 1.29 is 19.1 Å². The van der Waals surface area contributed by atoms with Crippen molar-refractivity contribution in [3.05, 3.63) is 36.1 Å². The van der Waals surface area contributed by atoms with Gasteiger partial charge in [-0.15, -0.1) is 0 Å². The third kappa shape index (κ3) is 3.38. The number of nitrogens with one attached hydrogen (secondary N) is 1. The number of furan rings is 1. The van der Waals surface area contributed by atoms with Gasteiger partial charge in [-0.1, -0.05) is 18.2 Å². The number of benzene rings is 1. The molecule has 1 amide bonds. The van der Waals surface area contributed by atoms with E-state index in [0.717, 1.165) is 5.39 Å². The van der Waals surface area contributed by atoms with Gasteiger partial charge >= 0.3 is 5.97 Å². The fourth-order valence-corrected chi connectivity index (χ4v) is 1.94. The first-order valence-electron chi connectivity index (χ1n) is 6.40. The number of carbonyl (C=O) groups excluding carboxylic acids is 1. The predicted molar refractivity (Wildman–Crippen MR) is 74.6 cm³/mol. The van der Waals surface area contributed by atoms with Gasteiger partial charge in [-0.25, -0.2) is 0 Å². The van der Waals surface area contributed by atoms with E-state index in [2.05, 4.69) is 5.32 Å². The fraction of sp³-hybridized carbons (Fsp3) is 0.333. The number of amides is 1. The second-order valence-corrected chi connectivity index (χ2v) is 5.38. The van der Waals surface area contributed by atoms with Crippen LogP contribution in [0.1, 0.15) is 37.2 Å². The van der Waals surface area contributed by atoms with E-state index in [-0.39, 0.29) is 18.1 Å². The first kappa shape index (κ1) is 14.1. The molecule has 106 valence electrons. The Balaban J connectivity index is 2.09. The third-order valence-electron chi connectivity index (χ3n) is 3.07. The molecule has 0 bridgehead atoms. The van der Waals surface area contributed by atoms with Crippen LogP contribution < -0.4 is 5.32 Å². The lowest BCUT2D eigenvalue weighted by Crippen LogP contribution is -2.43. The molecular formula is C15H17NO4. The zero-order valence-corrected chi connectivity index (χ0v) is 11.5. The summed E-state index contributed by atoms with van der Waals surface area (Å²) >= 11 is 0. The van der Waals surface area contributed by atoms with Crippen molar-refractivity contribution in [3.63, 3.8) is 0 Å². The van der Waals surface area contributed by atoms with E-state index in [1.165, 1.54) is 0 Å². The highest BCUT2D eigenvalue weighted by Gasteiger charge is 2.23. The largest absolute Gasteiger partial charge is 0.481 e. The standard InChI is InChI=1S/C15H17NO4/c1-15(2,8-7-13(17)18)16-14(19)12-9-10-5-3-4-6-11(10)20-12/h3-6,9H,7-8H2,1-2H3,(H,16,19)(H,17,18). The molecule has 0 spiro atoms. The Kier molecular flexibility index (Phi) is 3.79. The first-order chi connectivity index (χ1) is 9.37. The number of hydrogen-bond acceptors (Lipinski definition) is 3. The summed E-state index contributed by atoms with van der Waals surface area (Å²) in [6.45, 7) is 3.58. The Morgan fingerprint density at radius 1 is 1.30 bits per heavy atom. The zero-order valence-electron chi connectivity index (χ0n) is 11.5. The first-order valence-corrected chi connectivity index (χ1v) is 6.40. The monoisotopic (exact) mass is 275 g/mol. The van der Waals surface area contributed by atoms with Crippen LogP contribution in [0, 0.1) is 0 Å². The Morgan fingerprint density at radius 3 is 2.65 bits per heavy atom. The van der Waals surface area contributed by atoms with Crippen LogP contribution in [-0.2, 0) is 4.79 Å². The molecule has 2 N–H and O–H groups in total. The molecule has 0 atom stereocenters. The number of rotatable bonds is 5. The van der Waals surface area contributed by atoms with Crippen molar-refractivity contribution in [3.8, 4) is 0 Å². The van der Waals surface area contributed by atoms with Crippen LogP contribution in [0.4, 0.5) is 0 Å². The van der Waals surface area contributed by atoms with Crippen LogP contribution >= 0.6 is 0 Å². The van der Waals surface area contributed by atoms with Gasteiger partial charge in [-0.05, 0) is 32.4 Å². The summed E-state index contributed by atoms with van der Waals surface area (Å²) in [5, 5.41) is 12.3. The van der Waals surface area contributed by atoms with Gasteiger partial charge in [0.2, 0.25) is 0 Å². The van der Waals surface area contributed by atoms with Crippen molar-refractivity contribution in [1.82, 2.24) is 5.32 Å². The van der Waals surface area contributed by atoms with Gasteiger partial charge < -0.3 is 14.8 Å². The molecule has 0 aliphatic heterocycles. The maximum absolute atomic E-state index is 12.1. The summed E-state index contributed by atoms with van der Waals surface area (Å²) in [4.78, 5) is 22.7. The molecule has 1 aromatic carbocycles. The number of carbonyl (C=O) groups is 2. The normalized spacial score (nSPS) is 11.5. The molecule has 0 aliphatic carbocycles. The molecule has 0 saturated carbocycles. The van der Waals surface area contributed by atoms with E-state index in [0.29, 0.717) is 12.0 Å². The number of fused-ring (bicyclic) bond motifs is 1. The smallest absolute Gasteiger partial charge is 0.303 e. The molecule has 0 unspecified atom stereocenters. The van der Waals surface area contributed by atoms with E-state index in [1.807, 2.05) is 18.2 Å². The third-order valence-corrected chi connectivity index (χ3v) is 3.07. The molecule has 0 saturated heterocycles. The zero-order chi connectivity index (χ0) is 14.8. The lowest BCUT2D eigenvalue weighted by Gasteiger charge is -2.24. The highest BCUT2D eigenvalue weighted by molar-refractivity contribution is 5.96. The van der Waals surface area contributed by atoms with Crippen molar-refractivity contribution >= 4 is 22.8 Å². The highest BCUT2D eigenvalue weighted by Crippen LogP contribution is 2.20. The lowest BCUT2D eigenvalue weighted by molar-refractivity contribution is -0.137. The van der Waals surface area contributed by atoms with E-state index >= 15 is 0 Å². The maximum Gasteiger partial charge on any atom is 0.303 e. The Bertz CT molecular complexity index is 609. The molecule has 1 aromatic heterocycles. The lowest BCUT2D eigenvalue weighted by atomic mass is 9.98. The highest BCUT2D eigenvalue weighted by atomic mass is 16.4. The minimum absolute atomic E-state index is 0.00735. The summed E-state index contributed by atoms with van der Waals surface area (Å²) in [5.41, 5.74) is 0.0510. The van der Waals surface area contributed by atoms with E-state index in [1.54, 1.807) is 26.0 Å². The molecular weight excluding hydrogens is 258 g/mol. The van der Waals surface area contributed by atoms with Crippen LogP contribution in [0.2, 0.25) is 0 Å². The van der Waals surface area contributed by atoms with Crippen molar-refractivity contribution in [1.29, 1.82) is 0 Å². The molecule has 2 aromatic rings. The van der Waals surface area contributed by atoms with Crippen LogP contribution in [0.25, 0.3) is 11.0 Å². The van der Waals surface area contributed by atoms with Gasteiger partial charge in [-0.3, -0.25) is 9.59 Å². The van der Waals surface area contributed by atoms with Crippen molar-refractivity contribution in [2.45, 2.75) is 32.2 Å². The number of aliphatic carboxylic acids is 1. The van der Waals surface area contributed by atoms with E-state index in [4.69, 9.17) is 9.52 Å². The van der Waals surface area contributed by atoms with Gasteiger partial charge in [0.25, 0.3) is 5.91 Å². The van der Waals surface area contributed by atoms with E-state index in [9.17, 15) is 9.59 Å².